The summed E-state index contributed by atoms with van der Waals surface area (Å²) in [5.41, 5.74) is 19.3. The molecule has 1 aromatic heterocycles. The van der Waals surface area contributed by atoms with Crippen LogP contribution in [0.4, 0.5) is 5.69 Å². The summed E-state index contributed by atoms with van der Waals surface area (Å²) in [4.78, 5) is 275. The molecule has 2 aromatic carbocycles. The number of nitrogen functional groups attached to an aromatic ring is 1. The summed E-state index contributed by atoms with van der Waals surface area (Å²) in [6, 6.07) is -10.3. The van der Waals surface area contributed by atoms with E-state index in [4.69, 9.17) is 21.9 Å². The number of esters is 1. The third kappa shape index (κ3) is 33.9. The molecule has 13 atom stereocenters. The third-order valence-electron chi connectivity index (χ3n) is 18.8. The van der Waals surface area contributed by atoms with Crippen LogP contribution in [0.25, 0.3) is 10.9 Å². The Balaban J connectivity index is 1.90. The van der Waals surface area contributed by atoms with Crippen molar-refractivity contribution in [1.29, 1.82) is 0 Å². The lowest BCUT2D eigenvalue weighted by Gasteiger charge is -2.30. The number of carboxylic acids is 4. The van der Waals surface area contributed by atoms with E-state index in [2.05, 4.69) is 60.1 Å². The molecule has 658 valence electrons. The zero-order chi connectivity index (χ0) is 89.6. The summed E-state index contributed by atoms with van der Waals surface area (Å²) in [5.74, 6) is -29.7. The number of ether oxygens (including phenoxy) is 1. The number of aliphatic hydroxyl groups excluding tert-OH is 1. The fraction of sp³-hybridized carbons (Fsp3) is 0.532. The standard InChI is InChI=1S/C77H109N17O26/c1-7-8-9-10-11-12-13-24-58(98)85-48(29-43-37-94(27-25-39(2)3)55-23-17-15-19-44(43)55)71(113)88-49(31-57(80)97)72(114)90-52(34-64(107)108)73(115)93-66-42(6)120-77(119)53(30-56(96)45-20-14-16-21-46(45)79)91-76(118)65(40(4)28-61(101)102)92-74(116)54(38-95)86-60(100)35-81-68(110)50(32-62(103)104)87-67(109)41(5)83-70(112)51(33-63(105)106)89-69(111)47(22-18-26-78)84-59(99)36-82-75(66)117/h14-17,19-21,23,25,37,40-42,47-54,65-66,95H,7-13,18,22,24,26-36,38,78-79H2,1-6H3,(H2,80,97)(H,81,110)(H,82,117)(H,83,112)(H,84,99)(H,85,98)(H,86,100)(H,87,109)(H,88,113)(H,89,111)(H,90,114)(H,91,118)(H,92,116)(H,93,115)(H,101,102)(H,103,104)(H,105,106)(H,107,108)/t40-,41-,42-,47+,48+,49-,50+,51+,52+,53+,54-,65+,66+/m1/s1. The van der Waals surface area contributed by atoms with Crippen molar-refractivity contribution in [3.05, 3.63) is 77.5 Å². The number of unbranched alkanes of at least 4 members (excludes halogenated alkanes) is 6. The number of hydrogen-bond acceptors (Lipinski definition) is 24. The van der Waals surface area contributed by atoms with Gasteiger partial charge < -0.3 is 121 Å². The zero-order valence-electron chi connectivity index (χ0n) is 67.3. The van der Waals surface area contributed by atoms with Gasteiger partial charge in [-0.1, -0.05) is 94.4 Å². The first-order valence-electron chi connectivity index (χ1n) is 38.8. The van der Waals surface area contributed by atoms with E-state index in [9.17, 15) is 121 Å². The molecule has 120 heavy (non-hydrogen) atoms. The Labute approximate surface area is 688 Å². The van der Waals surface area contributed by atoms with Gasteiger partial charge in [0.05, 0.1) is 51.8 Å². The highest BCUT2D eigenvalue weighted by Crippen LogP contribution is 2.25. The molecule has 1 saturated heterocycles. The molecular weight excluding hydrogens is 1580 g/mol. The van der Waals surface area contributed by atoms with Crippen LogP contribution in [0.5, 0.6) is 0 Å². The number of carbonyl (C=O) groups excluding carboxylic acids is 16. The maximum Gasteiger partial charge on any atom is 0.329 e. The average molecular weight is 1690 g/mol. The molecule has 0 bridgehead atoms. The first kappa shape index (κ1) is 99.4. The van der Waals surface area contributed by atoms with Gasteiger partial charge in [-0.25, -0.2) is 4.79 Å². The van der Waals surface area contributed by atoms with Crippen molar-refractivity contribution in [3.8, 4) is 0 Å². The zero-order valence-corrected chi connectivity index (χ0v) is 67.3. The SMILES string of the molecule is CCCCCCCCCC(=O)N[C@@H](Cc1cn(CC=C(C)C)c2ccccc12)C(=O)N[C@H](CC(N)=O)C(=O)N[C@@H](CC(=O)O)C(=O)N[C@@H]1C(=O)NCC(=O)N[C@@H](CCCN)C(=O)N[C@@H](CC(=O)O)C(=O)N[C@H](C)C(=O)N[C@@H](CC(=O)O)C(=O)NCC(=O)N[C@H](CO)C(=O)N[C@@H]([C@H](C)CC(=O)O)C(=O)N[C@@H](CC(=O)c2ccccc2N)C(=O)O[C@@H]1C. The molecule has 0 radical (unpaired) electrons. The Morgan fingerprint density at radius 3 is 1.71 bits per heavy atom. The lowest BCUT2D eigenvalue weighted by atomic mass is 9.96. The number of carbonyl (C=O) groups is 20. The van der Waals surface area contributed by atoms with Crippen LogP contribution in [0.1, 0.15) is 160 Å². The summed E-state index contributed by atoms with van der Waals surface area (Å²) < 4.78 is 7.62. The second-order valence-electron chi connectivity index (χ2n) is 29.0. The predicted octanol–water partition coefficient (Wildman–Crippen LogP) is -4.18. The normalized spacial score (nSPS) is 20.8. The molecule has 3 aromatic rings. The van der Waals surface area contributed by atoms with Crippen molar-refractivity contribution in [2.45, 2.75) is 230 Å². The summed E-state index contributed by atoms with van der Waals surface area (Å²) in [7, 11) is 0. The van der Waals surface area contributed by atoms with E-state index in [1.165, 1.54) is 24.3 Å². The number of nitrogens with two attached hydrogens (primary N) is 3. The Hall–Kier alpha value is -13.0. The molecule has 43 nitrogen and oxygen atoms in total. The van der Waals surface area contributed by atoms with Gasteiger partial charge in [-0.05, 0) is 83.2 Å². The molecule has 0 unspecified atom stereocenters. The van der Waals surface area contributed by atoms with Crippen molar-refractivity contribution in [2.75, 3.05) is 32.0 Å². The Morgan fingerprint density at radius 1 is 0.575 bits per heavy atom. The van der Waals surface area contributed by atoms with Crippen molar-refractivity contribution in [3.63, 3.8) is 0 Å². The van der Waals surface area contributed by atoms with E-state index in [-0.39, 0.29) is 37.1 Å². The quantitative estimate of drug-likeness (QED) is 0.00856. The first-order valence-corrected chi connectivity index (χ1v) is 38.8. The lowest BCUT2D eigenvalue weighted by molar-refractivity contribution is -0.156. The van der Waals surface area contributed by atoms with Gasteiger partial charge >= 0.3 is 29.8 Å². The number of amides is 14. The molecule has 0 saturated carbocycles. The van der Waals surface area contributed by atoms with Crippen LogP contribution in [-0.2, 0) is 109 Å². The number of cyclic esters (lactones) is 1. The van der Waals surface area contributed by atoms with E-state index in [0.717, 1.165) is 64.0 Å². The molecule has 1 aliphatic heterocycles. The number of anilines is 1. The minimum Gasteiger partial charge on any atom is -0.481 e. The molecule has 2 heterocycles. The number of aliphatic hydroxyl groups is 1. The fourth-order valence-electron chi connectivity index (χ4n) is 12.4. The molecule has 43 heteroatoms. The van der Waals surface area contributed by atoms with Gasteiger partial charge in [-0.3, -0.25) is 91.1 Å². The van der Waals surface area contributed by atoms with Crippen LogP contribution in [0.15, 0.2) is 66.4 Å². The van der Waals surface area contributed by atoms with Gasteiger partial charge in [0.25, 0.3) is 0 Å². The number of hydrogen-bond donors (Lipinski definition) is 21. The number of rotatable bonds is 37. The molecule has 1 aliphatic rings. The van der Waals surface area contributed by atoms with Crippen LogP contribution in [0.3, 0.4) is 0 Å². The molecule has 0 aliphatic carbocycles. The van der Waals surface area contributed by atoms with Crippen molar-refractivity contribution in [1.82, 2.24) is 73.7 Å². The highest BCUT2D eigenvalue weighted by Gasteiger charge is 2.41. The van der Waals surface area contributed by atoms with Crippen LogP contribution in [0, 0.1) is 5.92 Å². The molecule has 4 rings (SSSR count). The van der Waals surface area contributed by atoms with Crippen molar-refractivity contribution in [2.24, 2.45) is 17.4 Å². The number of aliphatic carboxylic acids is 4. The number of nitrogens with zero attached hydrogens (tertiary/aromatic N) is 1. The van der Waals surface area contributed by atoms with E-state index in [0.29, 0.717) is 30.3 Å². The smallest absolute Gasteiger partial charge is 0.329 e. The summed E-state index contributed by atoms with van der Waals surface area (Å²) in [6.45, 7) is 5.33. The Bertz CT molecular complexity index is 4260. The van der Waals surface area contributed by atoms with Gasteiger partial charge in [-0.2, -0.15) is 0 Å². The highest BCUT2D eigenvalue weighted by atomic mass is 16.5. The number of ketones is 1. The average Bonchev–Trinajstić information content (AvgIpc) is 1.65. The van der Waals surface area contributed by atoms with Crippen molar-refractivity contribution < 1.29 is 126 Å². The summed E-state index contributed by atoms with van der Waals surface area (Å²) in [6.07, 6.45) is -0.239. The Morgan fingerprint density at radius 2 is 1.12 bits per heavy atom. The number of primary amides is 1. The molecule has 14 amide bonds. The van der Waals surface area contributed by atoms with E-state index in [1.54, 1.807) is 24.4 Å². The topological polar surface area (TPSA) is 691 Å². The van der Waals surface area contributed by atoms with Crippen LogP contribution >= 0.6 is 0 Å². The highest BCUT2D eigenvalue weighted by molar-refractivity contribution is 6.05. The van der Waals surface area contributed by atoms with E-state index >= 15 is 0 Å². The van der Waals surface area contributed by atoms with Gasteiger partial charge in [0.15, 0.2) is 5.78 Å². The number of Topliss-reactive ketones (excluding diaryl/α,β-unsaturated/α-hetero) is 1. The number of aromatic nitrogens is 1. The predicted molar refractivity (Wildman–Crippen MR) is 423 cm³/mol. The minimum absolute atomic E-state index is 0.0241. The van der Waals surface area contributed by atoms with Gasteiger partial charge in [0, 0.05) is 54.2 Å². The monoisotopic (exact) mass is 1690 g/mol. The van der Waals surface area contributed by atoms with Crippen LogP contribution < -0.4 is 86.3 Å². The summed E-state index contributed by atoms with van der Waals surface area (Å²) in [5, 5.41) is 79.1. The second kappa shape index (κ2) is 50.0. The molecular formula is C77H109N17O26. The lowest BCUT2D eigenvalue weighted by Crippen LogP contribution is -2.62. The van der Waals surface area contributed by atoms with E-state index < -0.39 is 261 Å². The fourth-order valence-corrected chi connectivity index (χ4v) is 12.4. The number of para-hydroxylation sites is 2. The maximum atomic E-state index is 14.9. The summed E-state index contributed by atoms with van der Waals surface area (Å²) >= 11 is 0. The Kier molecular flexibility index (Phi) is 41.4. The maximum absolute atomic E-state index is 14.9. The second-order valence-corrected chi connectivity index (χ2v) is 29.0. The van der Waals surface area contributed by atoms with Crippen molar-refractivity contribution >= 4 is 135 Å². The largest absolute Gasteiger partial charge is 0.481 e. The minimum atomic E-state index is -2.45. The number of nitrogens with one attached hydrogen (secondary N) is 13. The van der Waals surface area contributed by atoms with Gasteiger partial charge in [0.1, 0.15) is 72.6 Å². The van der Waals surface area contributed by atoms with Crippen LogP contribution in [-0.4, -0.2) is 247 Å². The van der Waals surface area contributed by atoms with Gasteiger partial charge in [0.2, 0.25) is 82.7 Å². The number of fused-ring (bicyclic) bond motifs is 1. The number of allylic oxidation sites excluding steroid dienone is 2. The number of carboxylic acid groups (broad SMARTS) is 4. The molecule has 24 N–H and O–H groups in total. The van der Waals surface area contributed by atoms with Gasteiger partial charge in [-0.15, -0.1) is 0 Å². The third-order valence-corrected chi connectivity index (χ3v) is 18.8. The molecule has 0 spiro atoms. The van der Waals surface area contributed by atoms with E-state index in [1.807, 2.05) is 46.5 Å². The number of benzene rings is 2. The first-order chi connectivity index (χ1) is 56.7. The van der Waals surface area contributed by atoms with Crippen LogP contribution in [0.2, 0.25) is 0 Å². The molecule has 1 fully saturated rings.